The fourth-order valence-electron chi connectivity index (χ4n) is 9.94. The van der Waals surface area contributed by atoms with Gasteiger partial charge in [-0.1, -0.05) is 23.4 Å². The van der Waals surface area contributed by atoms with Crippen LogP contribution in [0, 0.1) is 40.9 Å². The molecule has 4 heterocycles. The number of carbonyl (C=O) groups is 5. The number of likely N-dealkylation sites (tertiary alicyclic amines) is 1. The third kappa shape index (κ3) is 7.68. The standard InChI is InChI=1S/C46H45ClN6O6/c47-38-24-33(9-7-30(38)26-48)59-41-25-39(34-11-12-35(34)41)49-43(55)29-5-3-27(4-6-29)1-2-28-15-19-51(20-16-28)31-17-21-52(22-18-31)32-8-10-36-37(23-32)46(58)53(45(36)57)40-13-14-42(54)50-44(40)56/h3-10,23-24,28,31,34-35,39-41H,11-22,25H2,(H,49,55)(H,50,54,56). The normalized spacial score (nSPS) is 25.9. The van der Waals surface area contributed by atoms with E-state index in [0.717, 1.165) is 87.3 Å². The molecule has 3 saturated heterocycles. The topological polar surface area (TPSA) is 152 Å². The highest BCUT2D eigenvalue weighted by molar-refractivity contribution is 6.31. The smallest absolute Gasteiger partial charge is 0.262 e. The van der Waals surface area contributed by atoms with Crippen molar-refractivity contribution < 1.29 is 28.7 Å². The van der Waals surface area contributed by atoms with Crippen molar-refractivity contribution in [3.05, 3.63) is 93.5 Å². The first-order valence-corrected chi connectivity index (χ1v) is 21.1. The summed E-state index contributed by atoms with van der Waals surface area (Å²) in [5.41, 5.74) is 3.43. The zero-order valence-corrected chi connectivity index (χ0v) is 33.4. The average Bonchev–Trinajstić information content (AvgIpc) is 3.61. The van der Waals surface area contributed by atoms with Crippen LogP contribution in [0.3, 0.4) is 0 Å². The van der Waals surface area contributed by atoms with E-state index in [-0.39, 0.29) is 30.9 Å². The third-order valence-electron chi connectivity index (χ3n) is 13.4. The molecule has 2 N–H and O–H groups in total. The number of ether oxygens (including phenoxy) is 1. The lowest BCUT2D eigenvalue weighted by Gasteiger charge is -2.42. The van der Waals surface area contributed by atoms with Gasteiger partial charge in [-0.3, -0.25) is 34.2 Å². The molecule has 0 aromatic heterocycles. The number of anilines is 1. The van der Waals surface area contributed by atoms with Crippen molar-refractivity contribution in [1.82, 2.24) is 20.4 Å². The van der Waals surface area contributed by atoms with Crippen molar-refractivity contribution in [2.45, 2.75) is 82.0 Å². The molecule has 3 aromatic carbocycles. The number of halogens is 1. The molecular weight excluding hydrogens is 768 g/mol. The molecule has 5 fully saturated rings. The number of hydrogen-bond acceptors (Lipinski definition) is 9. The Morgan fingerprint density at radius 3 is 2.27 bits per heavy atom. The first kappa shape index (κ1) is 38.8. The minimum atomic E-state index is -0.973. The molecule has 5 amide bonds. The minimum absolute atomic E-state index is 0.00483. The van der Waals surface area contributed by atoms with Gasteiger partial charge in [0.1, 0.15) is 24.0 Å². The van der Waals surface area contributed by atoms with Crippen LogP contribution in [0.15, 0.2) is 60.7 Å². The maximum Gasteiger partial charge on any atom is 0.262 e. The van der Waals surface area contributed by atoms with Gasteiger partial charge in [-0.15, -0.1) is 0 Å². The van der Waals surface area contributed by atoms with Gasteiger partial charge in [0, 0.05) is 72.7 Å². The molecule has 2 aliphatic carbocycles. The van der Waals surface area contributed by atoms with Crippen molar-refractivity contribution in [2.75, 3.05) is 31.1 Å². The Bertz CT molecular complexity index is 2320. The highest BCUT2D eigenvalue weighted by Gasteiger charge is 2.50. The van der Waals surface area contributed by atoms with Crippen molar-refractivity contribution in [1.29, 1.82) is 5.26 Å². The van der Waals surface area contributed by atoms with Crippen LogP contribution >= 0.6 is 11.6 Å². The number of nitrogens with one attached hydrogen (secondary N) is 2. The molecule has 5 unspecified atom stereocenters. The second-order valence-corrected chi connectivity index (χ2v) is 17.1. The maximum absolute atomic E-state index is 13.3. The molecule has 59 heavy (non-hydrogen) atoms. The summed E-state index contributed by atoms with van der Waals surface area (Å²) in [6, 6.07) is 19.7. The van der Waals surface area contributed by atoms with E-state index in [1.165, 1.54) is 0 Å². The lowest BCUT2D eigenvalue weighted by Crippen LogP contribution is -2.54. The van der Waals surface area contributed by atoms with E-state index < -0.39 is 29.7 Å². The van der Waals surface area contributed by atoms with Gasteiger partial charge in [0.25, 0.3) is 17.7 Å². The van der Waals surface area contributed by atoms with E-state index in [2.05, 4.69) is 38.3 Å². The molecule has 2 saturated carbocycles. The lowest BCUT2D eigenvalue weighted by atomic mass is 9.74. The number of amides is 5. The first-order valence-electron chi connectivity index (χ1n) is 20.8. The number of fused-ring (bicyclic) bond motifs is 2. The van der Waals surface area contributed by atoms with Gasteiger partial charge in [-0.25, -0.2) is 0 Å². The van der Waals surface area contributed by atoms with Crippen LogP contribution in [0.4, 0.5) is 5.69 Å². The Hall–Kier alpha value is -5.69. The molecule has 0 spiro atoms. The number of nitrogens with zero attached hydrogens (tertiary/aromatic N) is 4. The van der Waals surface area contributed by atoms with Crippen LogP contribution in [0.1, 0.15) is 100.0 Å². The van der Waals surface area contributed by atoms with Crippen LogP contribution < -0.4 is 20.3 Å². The highest BCUT2D eigenvalue weighted by atomic mass is 35.5. The van der Waals surface area contributed by atoms with Crippen LogP contribution in [0.2, 0.25) is 5.02 Å². The minimum Gasteiger partial charge on any atom is -0.490 e. The number of imide groups is 2. The number of carbonyl (C=O) groups excluding carboxylic acids is 5. The van der Waals surface area contributed by atoms with E-state index >= 15 is 0 Å². The predicted octanol–water partition coefficient (Wildman–Crippen LogP) is 5.32. The molecule has 6 aliphatic rings. The summed E-state index contributed by atoms with van der Waals surface area (Å²) >= 11 is 6.22. The van der Waals surface area contributed by atoms with Crippen molar-refractivity contribution in [3.63, 3.8) is 0 Å². The quantitative estimate of drug-likeness (QED) is 0.239. The summed E-state index contributed by atoms with van der Waals surface area (Å²) in [5, 5.41) is 15.1. The fraction of sp³-hybridized carbons (Fsp3) is 0.435. The van der Waals surface area contributed by atoms with Gasteiger partial charge in [0.2, 0.25) is 11.8 Å². The summed E-state index contributed by atoms with van der Waals surface area (Å²) < 4.78 is 6.30. The number of hydrogen-bond donors (Lipinski definition) is 2. The maximum atomic E-state index is 13.3. The Balaban J connectivity index is 0.725. The average molecular weight is 813 g/mol. The van der Waals surface area contributed by atoms with E-state index in [4.69, 9.17) is 16.3 Å². The zero-order valence-electron chi connectivity index (χ0n) is 32.6. The SMILES string of the molecule is N#Cc1ccc(OC2CC(NC(=O)c3ccc(C#CC4CCN(C5CCN(c6ccc7c(c6)C(=O)N(C6CCC(=O)NC6=O)C7=O)CC5)CC4)cc3)C3CCC23)cc1Cl. The summed E-state index contributed by atoms with van der Waals surface area (Å²) in [6.45, 7) is 3.65. The summed E-state index contributed by atoms with van der Waals surface area (Å²) in [7, 11) is 0. The van der Waals surface area contributed by atoms with Crippen molar-refractivity contribution in [2.24, 2.45) is 17.8 Å². The van der Waals surface area contributed by atoms with Gasteiger partial charge in [-0.05, 0) is 119 Å². The molecule has 9 rings (SSSR count). The van der Waals surface area contributed by atoms with E-state index in [9.17, 15) is 29.2 Å². The number of benzene rings is 3. The molecule has 4 aliphatic heterocycles. The molecule has 12 nitrogen and oxygen atoms in total. The third-order valence-corrected chi connectivity index (χ3v) is 13.7. The Kier molecular flexibility index (Phi) is 10.6. The Morgan fingerprint density at radius 2 is 1.58 bits per heavy atom. The van der Waals surface area contributed by atoms with E-state index in [0.29, 0.717) is 56.8 Å². The highest BCUT2D eigenvalue weighted by Crippen LogP contribution is 2.48. The Morgan fingerprint density at radius 1 is 0.831 bits per heavy atom. The fourth-order valence-corrected chi connectivity index (χ4v) is 10.2. The van der Waals surface area contributed by atoms with Crippen molar-refractivity contribution >= 4 is 46.8 Å². The van der Waals surface area contributed by atoms with Crippen molar-refractivity contribution in [3.8, 4) is 23.7 Å². The second kappa shape index (κ2) is 16.2. The van der Waals surface area contributed by atoms with Gasteiger partial charge in [-0.2, -0.15) is 5.26 Å². The first-order chi connectivity index (χ1) is 28.6. The van der Waals surface area contributed by atoms with Gasteiger partial charge >= 0.3 is 0 Å². The molecule has 5 atom stereocenters. The summed E-state index contributed by atoms with van der Waals surface area (Å²) in [4.78, 5) is 69.7. The van der Waals surface area contributed by atoms with Gasteiger partial charge < -0.3 is 19.9 Å². The second-order valence-electron chi connectivity index (χ2n) is 16.7. The van der Waals surface area contributed by atoms with Gasteiger partial charge in [0.05, 0.1) is 21.7 Å². The van der Waals surface area contributed by atoms with Crippen LogP contribution in [0.5, 0.6) is 5.75 Å². The summed E-state index contributed by atoms with van der Waals surface area (Å²) in [6.07, 6.45) is 7.09. The zero-order chi connectivity index (χ0) is 40.8. The molecule has 3 aromatic rings. The predicted molar refractivity (Wildman–Crippen MR) is 219 cm³/mol. The molecule has 13 heteroatoms. The number of piperidine rings is 3. The summed E-state index contributed by atoms with van der Waals surface area (Å²) in [5.74, 6) is 6.53. The van der Waals surface area contributed by atoms with Crippen LogP contribution in [-0.4, -0.2) is 89.7 Å². The van der Waals surface area contributed by atoms with E-state index in [1.807, 2.05) is 30.3 Å². The van der Waals surface area contributed by atoms with Crippen LogP contribution in [-0.2, 0) is 9.59 Å². The molecule has 0 radical (unpaired) electrons. The molecular formula is C46H45ClN6O6. The lowest BCUT2D eigenvalue weighted by molar-refractivity contribution is -0.136. The number of rotatable bonds is 7. The van der Waals surface area contributed by atoms with Gasteiger partial charge in [0.15, 0.2) is 0 Å². The molecule has 0 bridgehead atoms. The van der Waals surface area contributed by atoms with Crippen LogP contribution in [0.25, 0.3) is 0 Å². The monoisotopic (exact) mass is 812 g/mol. The number of nitriles is 1. The Labute approximate surface area is 348 Å². The van der Waals surface area contributed by atoms with E-state index in [1.54, 1.807) is 30.3 Å². The molecule has 302 valence electrons. The largest absolute Gasteiger partial charge is 0.490 e.